The lowest BCUT2D eigenvalue weighted by atomic mass is 9.92. The minimum atomic E-state index is -0.538. The number of aldehydes is 2. The fourth-order valence-corrected chi connectivity index (χ4v) is 2.95. The van der Waals surface area contributed by atoms with Gasteiger partial charge in [-0.3, -0.25) is 4.79 Å². The minimum Gasteiger partial charge on any atom is -0.326 e. The summed E-state index contributed by atoms with van der Waals surface area (Å²) in [6.45, 7) is 0. The van der Waals surface area contributed by atoms with E-state index < -0.39 is 6.04 Å². The Labute approximate surface area is 129 Å². The van der Waals surface area contributed by atoms with Crippen molar-refractivity contribution in [2.24, 2.45) is 0 Å². The van der Waals surface area contributed by atoms with Gasteiger partial charge in [0, 0.05) is 17.9 Å². The van der Waals surface area contributed by atoms with Crippen LogP contribution in [0, 0.1) is 0 Å². The van der Waals surface area contributed by atoms with E-state index in [4.69, 9.17) is 11.6 Å². The minimum absolute atomic E-state index is 0.0239. The SMILES string of the molecule is O=CCCC(C=O)N1C(=O)CCCC1c1ccc(Cl)cc1. The lowest BCUT2D eigenvalue weighted by Crippen LogP contribution is -2.46. The summed E-state index contributed by atoms with van der Waals surface area (Å²) in [5.74, 6) is -0.0239. The molecule has 1 aliphatic rings. The lowest BCUT2D eigenvalue weighted by Gasteiger charge is -2.39. The summed E-state index contributed by atoms with van der Waals surface area (Å²) in [4.78, 5) is 35.8. The third-order valence-electron chi connectivity index (χ3n) is 3.84. The highest BCUT2D eigenvalue weighted by molar-refractivity contribution is 6.30. The zero-order valence-corrected chi connectivity index (χ0v) is 12.5. The molecule has 0 aromatic heterocycles. The maximum atomic E-state index is 12.3. The van der Waals surface area contributed by atoms with Gasteiger partial charge in [0.2, 0.25) is 5.91 Å². The van der Waals surface area contributed by atoms with E-state index in [-0.39, 0.29) is 18.4 Å². The summed E-state index contributed by atoms with van der Waals surface area (Å²) in [5.41, 5.74) is 0.977. The first kappa shape index (κ1) is 15.7. The van der Waals surface area contributed by atoms with Crippen LogP contribution in [0.2, 0.25) is 5.02 Å². The summed E-state index contributed by atoms with van der Waals surface area (Å²) >= 11 is 5.90. The van der Waals surface area contributed by atoms with Gasteiger partial charge in [-0.1, -0.05) is 23.7 Å². The Morgan fingerprint density at radius 3 is 2.62 bits per heavy atom. The van der Waals surface area contributed by atoms with Gasteiger partial charge < -0.3 is 14.5 Å². The zero-order valence-electron chi connectivity index (χ0n) is 11.7. The molecule has 0 radical (unpaired) electrons. The Morgan fingerprint density at radius 2 is 2.00 bits per heavy atom. The lowest BCUT2D eigenvalue weighted by molar-refractivity contribution is -0.142. The molecule has 1 amide bonds. The van der Waals surface area contributed by atoms with Gasteiger partial charge in [0.25, 0.3) is 0 Å². The molecule has 2 rings (SSSR count). The Bertz CT molecular complexity index is 515. The smallest absolute Gasteiger partial charge is 0.223 e. The average Bonchev–Trinajstić information content (AvgIpc) is 2.50. The van der Waals surface area contributed by atoms with Gasteiger partial charge in [-0.05, 0) is 37.0 Å². The van der Waals surface area contributed by atoms with Crippen LogP contribution in [-0.4, -0.2) is 29.4 Å². The number of nitrogens with zero attached hydrogens (tertiary/aromatic N) is 1. The Balaban J connectivity index is 2.27. The Morgan fingerprint density at radius 1 is 1.29 bits per heavy atom. The molecular formula is C16H18ClNO3. The summed E-state index contributed by atoms with van der Waals surface area (Å²) in [7, 11) is 0. The van der Waals surface area contributed by atoms with E-state index in [1.807, 2.05) is 12.1 Å². The second-order valence-corrected chi connectivity index (χ2v) is 5.64. The molecule has 2 atom stereocenters. The predicted octanol–water partition coefficient (Wildman–Crippen LogP) is 2.94. The van der Waals surface area contributed by atoms with Crippen molar-refractivity contribution >= 4 is 30.1 Å². The van der Waals surface area contributed by atoms with Crippen LogP contribution in [0.3, 0.4) is 0 Å². The first-order valence-electron chi connectivity index (χ1n) is 7.13. The van der Waals surface area contributed by atoms with Gasteiger partial charge in [0.05, 0.1) is 12.1 Å². The molecule has 1 aromatic rings. The molecular weight excluding hydrogens is 290 g/mol. The maximum Gasteiger partial charge on any atom is 0.223 e. The van der Waals surface area contributed by atoms with Gasteiger partial charge in [-0.25, -0.2) is 0 Å². The van der Waals surface area contributed by atoms with Crippen molar-refractivity contribution in [1.82, 2.24) is 4.90 Å². The van der Waals surface area contributed by atoms with Crippen LogP contribution in [0.4, 0.5) is 0 Å². The normalized spacial score (nSPS) is 20.1. The number of carbonyl (C=O) groups is 3. The predicted molar refractivity (Wildman–Crippen MR) is 80.0 cm³/mol. The van der Waals surface area contributed by atoms with Crippen LogP contribution in [0.15, 0.2) is 24.3 Å². The van der Waals surface area contributed by atoms with E-state index in [9.17, 15) is 14.4 Å². The van der Waals surface area contributed by atoms with Crippen LogP contribution < -0.4 is 0 Å². The number of hydrogen-bond acceptors (Lipinski definition) is 3. The first-order valence-corrected chi connectivity index (χ1v) is 7.50. The fourth-order valence-electron chi connectivity index (χ4n) is 2.83. The van der Waals surface area contributed by atoms with Gasteiger partial charge in [-0.15, -0.1) is 0 Å². The van der Waals surface area contributed by atoms with E-state index in [0.717, 1.165) is 31.0 Å². The van der Waals surface area contributed by atoms with Crippen LogP contribution in [0.25, 0.3) is 0 Å². The number of carbonyl (C=O) groups excluding carboxylic acids is 3. The molecule has 0 spiro atoms. The molecule has 1 saturated heterocycles. The molecule has 0 saturated carbocycles. The maximum absolute atomic E-state index is 12.3. The van der Waals surface area contributed by atoms with Crippen molar-refractivity contribution < 1.29 is 14.4 Å². The second kappa shape index (κ2) is 7.36. The highest BCUT2D eigenvalue weighted by atomic mass is 35.5. The van der Waals surface area contributed by atoms with Crippen molar-refractivity contribution in [3.8, 4) is 0 Å². The third kappa shape index (κ3) is 3.70. The van der Waals surface area contributed by atoms with E-state index in [0.29, 0.717) is 17.9 Å². The standard InChI is InChI=1S/C16H18ClNO3/c17-13-8-6-12(7-9-13)15-4-1-5-16(21)18(15)14(11-20)3-2-10-19/h6-11,14-15H,1-5H2. The molecule has 0 N–H and O–H groups in total. The third-order valence-corrected chi connectivity index (χ3v) is 4.09. The van der Waals surface area contributed by atoms with Crippen LogP contribution >= 0.6 is 11.6 Å². The first-order chi connectivity index (χ1) is 10.2. The molecule has 0 bridgehead atoms. The fraction of sp³-hybridized carbons (Fsp3) is 0.438. The molecule has 1 fully saturated rings. The van der Waals surface area contributed by atoms with Gasteiger partial charge >= 0.3 is 0 Å². The molecule has 0 aliphatic carbocycles. The van der Waals surface area contributed by atoms with Crippen molar-refractivity contribution in [2.75, 3.05) is 0 Å². The quantitative estimate of drug-likeness (QED) is 0.759. The molecule has 112 valence electrons. The second-order valence-electron chi connectivity index (χ2n) is 5.21. The summed E-state index contributed by atoms with van der Waals surface area (Å²) in [6.07, 6.45) is 4.29. The Hall–Kier alpha value is -1.68. The highest BCUT2D eigenvalue weighted by Gasteiger charge is 2.34. The number of amides is 1. The summed E-state index contributed by atoms with van der Waals surface area (Å²) in [5, 5.41) is 0.639. The van der Waals surface area contributed by atoms with Crippen LogP contribution in [0.5, 0.6) is 0 Å². The number of piperidine rings is 1. The van der Waals surface area contributed by atoms with Gasteiger partial charge in [0.1, 0.15) is 12.6 Å². The molecule has 1 aliphatic heterocycles. The highest BCUT2D eigenvalue weighted by Crippen LogP contribution is 2.34. The van der Waals surface area contributed by atoms with E-state index in [1.54, 1.807) is 17.0 Å². The molecule has 1 aromatic carbocycles. The van der Waals surface area contributed by atoms with E-state index in [1.165, 1.54) is 0 Å². The van der Waals surface area contributed by atoms with Crippen molar-refractivity contribution in [3.05, 3.63) is 34.9 Å². The number of hydrogen-bond donors (Lipinski definition) is 0. The van der Waals surface area contributed by atoms with Crippen molar-refractivity contribution in [1.29, 1.82) is 0 Å². The summed E-state index contributed by atoms with van der Waals surface area (Å²) < 4.78 is 0. The monoisotopic (exact) mass is 307 g/mol. The molecule has 5 heteroatoms. The Kier molecular flexibility index (Phi) is 5.51. The van der Waals surface area contributed by atoms with Crippen molar-refractivity contribution in [2.45, 2.75) is 44.2 Å². The van der Waals surface area contributed by atoms with Crippen LogP contribution in [0.1, 0.15) is 43.7 Å². The topological polar surface area (TPSA) is 54.5 Å². The number of rotatable bonds is 6. The molecule has 4 nitrogen and oxygen atoms in total. The number of halogens is 1. The number of likely N-dealkylation sites (tertiary alicyclic amines) is 1. The number of benzene rings is 1. The molecule has 2 unspecified atom stereocenters. The van der Waals surface area contributed by atoms with E-state index >= 15 is 0 Å². The molecule has 21 heavy (non-hydrogen) atoms. The van der Waals surface area contributed by atoms with Crippen molar-refractivity contribution in [3.63, 3.8) is 0 Å². The zero-order chi connectivity index (χ0) is 15.2. The van der Waals surface area contributed by atoms with Gasteiger partial charge in [-0.2, -0.15) is 0 Å². The molecule has 1 heterocycles. The average molecular weight is 308 g/mol. The van der Waals surface area contributed by atoms with Crippen LogP contribution in [-0.2, 0) is 14.4 Å². The summed E-state index contributed by atoms with van der Waals surface area (Å²) in [6, 6.07) is 6.69. The van der Waals surface area contributed by atoms with E-state index in [2.05, 4.69) is 0 Å². The van der Waals surface area contributed by atoms with Gasteiger partial charge in [0.15, 0.2) is 0 Å². The largest absolute Gasteiger partial charge is 0.326 e.